The minimum Gasteiger partial charge on any atom is -0.466 e. The average Bonchev–Trinajstić information content (AvgIpc) is 2.28. The van der Waals surface area contributed by atoms with Gasteiger partial charge in [-0.15, -0.1) is 0 Å². The van der Waals surface area contributed by atoms with Gasteiger partial charge in [0.2, 0.25) is 0 Å². The molecule has 0 amide bonds. The fraction of sp³-hybridized carbons (Fsp3) is 0.786. The van der Waals surface area contributed by atoms with Gasteiger partial charge in [-0.25, -0.2) is 0 Å². The summed E-state index contributed by atoms with van der Waals surface area (Å²) in [6.45, 7) is 9.10. The van der Waals surface area contributed by atoms with Crippen molar-refractivity contribution in [1.29, 1.82) is 0 Å². The van der Waals surface area contributed by atoms with Crippen LogP contribution in [-0.4, -0.2) is 24.1 Å². The highest BCUT2D eigenvalue weighted by Crippen LogP contribution is 2.15. The van der Waals surface area contributed by atoms with E-state index in [9.17, 15) is 14.4 Å². The summed E-state index contributed by atoms with van der Waals surface area (Å²) in [5.41, 5.74) is 0. The fourth-order valence-corrected chi connectivity index (χ4v) is 1.52. The van der Waals surface area contributed by atoms with Crippen molar-refractivity contribution in [2.24, 2.45) is 17.8 Å². The van der Waals surface area contributed by atoms with Gasteiger partial charge in [-0.05, 0) is 6.92 Å². The number of hydrogen-bond acceptors (Lipinski definition) is 4. The number of carbonyl (C=O) groups is 3. The quantitative estimate of drug-likeness (QED) is 0.626. The summed E-state index contributed by atoms with van der Waals surface area (Å²) in [6, 6.07) is 0. The van der Waals surface area contributed by atoms with Gasteiger partial charge in [0.05, 0.1) is 12.5 Å². The maximum Gasteiger partial charge on any atom is 0.309 e. The standard InChI is InChI=1S/C14H24O4/c1-6-18-14(17)11(5)8-13(16)10(4)7-12(15)9(2)3/h9-11H,6-8H2,1-5H3. The Morgan fingerprint density at radius 3 is 1.83 bits per heavy atom. The summed E-state index contributed by atoms with van der Waals surface area (Å²) in [5.74, 6) is -1.13. The van der Waals surface area contributed by atoms with Crippen molar-refractivity contribution in [3.05, 3.63) is 0 Å². The largest absolute Gasteiger partial charge is 0.466 e. The van der Waals surface area contributed by atoms with Gasteiger partial charge in [0.1, 0.15) is 11.6 Å². The van der Waals surface area contributed by atoms with Gasteiger partial charge < -0.3 is 4.74 Å². The molecule has 2 unspecified atom stereocenters. The molecule has 0 saturated heterocycles. The van der Waals surface area contributed by atoms with Crippen LogP contribution in [0.5, 0.6) is 0 Å². The maximum absolute atomic E-state index is 11.9. The van der Waals surface area contributed by atoms with E-state index in [2.05, 4.69) is 0 Å². The Hall–Kier alpha value is -1.19. The zero-order valence-electron chi connectivity index (χ0n) is 12.0. The lowest BCUT2D eigenvalue weighted by atomic mass is 9.90. The van der Waals surface area contributed by atoms with Gasteiger partial charge in [-0.1, -0.05) is 27.7 Å². The molecule has 0 aliphatic rings. The highest BCUT2D eigenvalue weighted by Gasteiger charge is 2.23. The number of carbonyl (C=O) groups excluding carboxylic acids is 3. The van der Waals surface area contributed by atoms with Crippen LogP contribution in [0.15, 0.2) is 0 Å². The molecule has 0 aromatic carbocycles. The molecule has 2 atom stereocenters. The minimum atomic E-state index is -0.436. The topological polar surface area (TPSA) is 60.4 Å². The molecule has 104 valence electrons. The molecule has 0 heterocycles. The van der Waals surface area contributed by atoms with E-state index in [1.807, 2.05) is 13.8 Å². The van der Waals surface area contributed by atoms with Crippen molar-refractivity contribution >= 4 is 17.5 Å². The molecule has 18 heavy (non-hydrogen) atoms. The molecule has 0 N–H and O–H groups in total. The van der Waals surface area contributed by atoms with Crippen molar-refractivity contribution in [1.82, 2.24) is 0 Å². The Bertz CT molecular complexity index is 307. The Balaban J connectivity index is 4.23. The number of esters is 1. The summed E-state index contributed by atoms with van der Waals surface area (Å²) < 4.78 is 4.85. The second-order valence-corrected chi connectivity index (χ2v) is 5.05. The van der Waals surface area contributed by atoms with Gasteiger partial charge in [0.25, 0.3) is 0 Å². The van der Waals surface area contributed by atoms with E-state index in [0.717, 1.165) is 0 Å². The van der Waals surface area contributed by atoms with Gasteiger partial charge in [-0.2, -0.15) is 0 Å². The summed E-state index contributed by atoms with van der Waals surface area (Å²) in [6.07, 6.45) is 0.400. The van der Waals surface area contributed by atoms with Crippen LogP contribution in [0.4, 0.5) is 0 Å². The predicted molar refractivity (Wildman–Crippen MR) is 69.0 cm³/mol. The number of ketones is 2. The molecular formula is C14H24O4. The molecule has 0 bridgehead atoms. The third-order valence-electron chi connectivity index (χ3n) is 2.90. The smallest absolute Gasteiger partial charge is 0.309 e. The molecule has 0 saturated carbocycles. The Morgan fingerprint density at radius 1 is 0.889 bits per heavy atom. The maximum atomic E-state index is 11.9. The summed E-state index contributed by atoms with van der Waals surface area (Å²) in [5, 5.41) is 0. The van der Waals surface area contributed by atoms with Crippen LogP contribution in [-0.2, 0) is 19.1 Å². The highest BCUT2D eigenvalue weighted by atomic mass is 16.5. The summed E-state index contributed by atoms with van der Waals surface area (Å²) in [4.78, 5) is 34.8. The van der Waals surface area contributed by atoms with Crippen LogP contribution in [0.25, 0.3) is 0 Å². The normalized spacial score (nSPS) is 14.1. The monoisotopic (exact) mass is 256 g/mol. The number of ether oxygens (including phenoxy) is 1. The van der Waals surface area contributed by atoms with E-state index in [1.165, 1.54) is 0 Å². The first kappa shape index (κ1) is 16.8. The summed E-state index contributed by atoms with van der Waals surface area (Å²) in [7, 11) is 0. The van der Waals surface area contributed by atoms with Crippen LogP contribution in [0.1, 0.15) is 47.5 Å². The van der Waals surface area contributed by atoms with Crippen LogP contribution < -0.4 is 0 Å². The van der Waals surface area contributed by atoms with Crippen molar-refractivity contribution in [3.63, 3.8) is 0 Å². The number of rotatable bonds is 8. The second-order valence-electron chi connectivity index (χ2n) is 5.05. The van der Waals surface area contributed by atoms with Crippen molar-refractivity contribution < 1.29 is 19.1 Å². The van der Waals surface area contributed by atoms with E-state index in [4.69, 9.17) is 4.74 Å². The van der Waals surface area contributed by atoms with Crippen LogP contribution in [0.3, 0.4) is 0 Å². The van der Waals surface area contributed by atoms with E-state index < -0.39 is 5.92 Å². The Morgan fingerprint density at radius 2 is 1.39 bits per heavy atom. The lowest BCUT2D eigenvalue weighted by Gasteiger charge is -2.14. The number of hydrogen-bond donors (Lipinski definition) is 0. The zero-order chi connectivity index (χ0) is 14.3. The van der Waals surface area contributed by atoms with Crippen molar-refractivity contribution in [2.45, 2.75) is 47.5 Å². The third-order valence-corrected chi connectivity index (χ3v) is 2.90. The van der Waals surface area contributed by atoms with Crippen molar-refractivity contribution in [2.75, 3.05) is 6.61 Å². The average molecular weight is 256 g/mol. The molecule has 0 aliphatic heterocycles. The predicted octanol–water partition coefficient (Wildman–Crippen LogP) is 2.40. The lowest BCUT2D eigenvalue weighted by Crippen LogP contribution is -2.23. The first-order chi connectivity index (χ1) is 8.29. The third kappa shape index (κ3) is 5.94. The van der Waals surface area contributed by atoms with Gasteiger partial charge >= 0.3 is 5.97 Å². The van der Waals surface area contributed by atoms with Crippen LogP contribution in [0, 0.1) is 17.8 Å². The molecule has 0 fully saturated rings. The molecule has 0 aromatic heterocycles. The first-order valence-corrected chi connectivity index (χ1v) is 6.51. The van der Waals surface area contributed by atoms with E-state index in [0.29, 0.717) is 6.61 Å². The first-order valence-electron chi connectivity index (χ1n) is 6.51. The number of Topliss-reactive ketones (excluding diaryl/α,β-unsaturated/α-hetero) is 2. The molecule has 0 aliphatic carbocycles. The van der Waals surface area contributed by atoms with E-state index in [1.54, 1.807) is 20.8 Å². The van der Waals surface area contributed by atoms with Gasteiger partial charge in [-0.3, -0.25) is 14.4 Å². The molecule has 0 rings (SSSR count). The molecular weight excluding hydrogens is 232 g/mol. The molecule has 4 heteroatoms. The SMILES string of the molecule is CCOC(=O)C(C)CC(=O)C(C)CC(=O)C(C)C. The highest BCUT2D eigenvalue weighted by molar-refractivity contribution is 5.90. The fourth-order valence-electron chi connectivity index (χ4n) is 1.52. The van der Waals surface area contributed by atoms with Gasteiger partial charge in [0, 0.05) is 24.7 Å². The molecule has 0 spiro atoms. The second kappa shape index (κ2) is 8.01. The van der Waals surface area contributed by atoms with Gasteiger partial charge in [0.15, 0.2) is 0 Å². The molecule has 4 nitrogen and oxygen atoms in total. The van der Waals surface area contributed by atoms with E-state index in [-0.39, 0.29) is 42.2 Å². The summed E-state index contributed by atoms with van der Waals surface area (Å²) >= 11 is 0. The van der Waals surface area contributed by atoms with E-state index >= 15 is 0 Å². The lowest BCUT2D eigenvalue weighted by molar-refractivity contribution is -0.149. The Kier molecular flexibility index (Phi) is 7.48. The minimum absolute atomic E-state index is 0.0513. The van der Waals surface area contributed by atoms with Crippen molar-refractivity contribution in [3.8, 4) is 0 Å². The molecule has 0 radical (unpaired) electrons. The molecule has 0 aromatic rings. The van der Waals surface area contributed by atoms with Crippen LogP contribution in [0.2, 0.25) is 0 Å². The zero-order valence-corrected chi connectivity index (χ0v) is 12.0. The van der Waals surface area contributed by atoms with Crippen LogP contribution >= 0.6 is 0 Å². The Labute approximate surface area is 109 Å².